The number of carbonyl (C=O) groups excluding carboxylic acids is 2. The summed E-state index contributed by atoms with van der Waals surface area (Å²) >= 11 is 0. The summed E-state index contributed by atoms with van der Waals surface area (Å²) in [5.41, 5.74) is 1.75. The zero-order valence-corrected chi connectivity index (χ0v) is 19.7. The van der Waals surface area contributed by atoms with E-state index in [-0.39, 0.29) is 23.3 Å². The molecule has 2 saturated heterocycles. The van der Waals surface area contributed by atoms with Gasteiger partial charge in [0.2, 0.25) is 5.91 Å². The predicted octanol–water partition coefficient (Wildman–Crippen LogP) is 3.90. The Hall–Kier alpha value is -3.43. The van der Waals surface area contributed by atoms with Gasteiger partial charge in [-0.15, -0.1) is 0 Å². The number of nitrogens with zero attached hydrogens (tertiary/aromatic N) is 3. The van der Waals surface area contributed by atoms with Crippen LogP contribution in [-0.2, 0) is 15.0 Å². The molecule has 3 aliphatic rings. The molecule has 2 amide bonds. The minimum Gasteiger partial charge on any atom is -0.475 e. The summed E-state index contributed by atoms with van der Waals surface area (Å²) in [7, 11) is 0. The van der Waals surface area contributed by atoms with Crippen LogP contribution in [0, 0.1) is 5.92 Å². The minimum atomic E-state index is -5.08. The number of hydrogen-bond acceptors (Lipinski definition) is 4. The summed E-state index contributed by atoms with van der Waals surface area (Å²) < 4.78 is 31.7. The molecule has 2 atom stereocenters. The molecule has 5 rings (SSSR count). The Balaban J connectivity index is 0.000000384. The number of likely N-dealkylation sites (tertiary alicyclic amines) is 2. The van der Waals surface area contributed by atoms with E-state index in [0.717, 1.165) is 25.9 Å². The van der Waals surface area contributed by atoms with E-state index < -0.39 is 12.1 Å². The third-order valence-corrected chi connectivity index (χ3v) is 7.32. The smallest absolute Gasteiger partial charge is 0.475 e. The molecule has 3 heterocycles. The van der Waals surface area contributed by atoms with Gasteiger partial charge in [0.25, 0.3) is 5.91 Å². The van der Waals surface area contributed by atoms with Gasteiger partial charge in [0.15, 0.2) is 0 Å². The summed E-state index contributed by atoms with van der Waals surface area (Å²) in [5, 5.41) is 7.12. The van der Waals surface area contributed by atoms with Gasteiger partial charge in [-0.3, -0.25) is 14.6 Å². The average Bonchev–Trinajstić information content (AvgIpc) is 3.64. The molecule has 1 N–H and O–H groups in total. The molecular formula is C26H28F3N3O4. The number of amides is 2. The zero-order valence-electron chi connectivity index (χ0n) is 19.7. The van der Waals surface area contributed by atoms with Gasteiger partial charge in [-0.1, -0.05) is 30.3 Å². The largest absolute Gasteiger partial charge is 0.490 e. The predicted molar refractivity (Wildman–Crippen MR) is 124 cm³/mol. The van der Waals surface area contributed by atoms with Crippen LogP contribution in [0.25, 0.3) is 0 Å². The van der Waals surface area contributed by atoms with Crippen LogP contribution in [0.4, 0.5) is 13.2 Å². The zero-order chi connectivity index (χ0) is 25.9. The van der Waals surface area contributed by atoms with E-state index in [1.807, 2.05) is 11.0 Å². The fourth-order valence-corrected chi connectivity index (χ4v) is 5.25. The van der Waals surface area contributed by atoms with Gasteiger partial charge in [0, 0.05) is 49.4 Å². The molecule has 7 nitrogen and oxygen atoms in total. The summed E-state index contributed by atoms with van der Waals surface area (Å²) in [6.45, 7) is 2.36. The number of hydrogen-bond donors (Lipinski definition) is 1. The van der Waals surface area contributed by atoms with Crippen LogP contribution in [0.5, 0.6) is 0 Å². The van der Waals surface area contributed by atoms with Crippen molar-refractivity contribution in [3.63, 3.8) is 0 Å². The number of benzene rings is 1. The van der Waals surface area contributed by atoms with Crippen molar-refractivity contribution in [3.8, 4) is 0 Å². The van der Waals surface area contributed by atoms with Gasteiger partial charge in [-0.05, 0) is 49.3 Å². The number of fused-ring (bicyclic) bond motifs is 1. The van der Waals surface area contributed by atoms with E-state index in [4.69, 9.17) is 9.90 Å². The first kappa shape index (κ1) is 25.7. The van der Waals surface area contributed by atoms with Crippen molar-refractivity contribution in [2.75, 3.05) is 19.6 Å². The minimum absolute atomic E-state index is 0.0126. The van der Waals surface area contributed by atoms with Crippen molar-refractivity contribution in [1.82, 2.24) is 14.8 Å². The molecule has 192 valence electrons. The number of pyridine rings is 1. The van der Waals surface area contributed by atoms with Crippen LogP contribution in [0.3, 0.4) is 0 Å². The van der Waals surface area contributed by atoms with Crippen LogP contribution < -0.4 is 0 Å². The molecule has 2 unspecified atom stereocenters. The van der Waals surface area contributed by atoms with Crippen LogP contribution >= 0.6 is 0 Å². The maximum absolute atomic E-state index is 13.3. The Morgan fingerprint density at radius 1 is 1.03 bits per heavy atom. The second-order valence-electron chi connectivity index (χ2n) is 9.56. The molecule has 0 bridgehead atoms. The first-order chi connectivity index (χ1) is 17.1. The van der Waals surface area contributed by atoms with Crippen LogP contribution in [0.15, 0.2) is 54.9 Å². The monoisotopic (exact) mass is 503 g/mol. The lowest BCUT2D eigenvalue weighted by atomic mass is 9.71. The number of rotatable bonds is 4. The standard InChI is InChI=1S/C24H27N3O2.C2HF3O2/c28-22-16-21-24(20-4-2-1-3-5-20,10-14-26(22)17-18-6-7-18)11-15-27(21)23(29)19-8-12-25-13-9-19;3-2(4,5)1(6)7/h1-5,8-9,12-13,18,21H,6-7,10-11,14-17H2;(H,6,7). The normalized spacial score (nSPS) is 23.9. The van der Waals surface area contributed by atoms with Crippen molar-refractivity contribution in [1.29, 1.82) is 0 Å². The molecular weight excluding hydrogens is 475 g/mol. The van der Waals surface area contributed by atoms with Gasteiger partial charge in [-0.25, -0.2) is 4.79 Å². The van der Waals surface area contributed by atoms with Crippen molar-refractivity contribution < 1.29 is 32.7 Å². The van der Waals surface area contributed by atoms with Gasteiger partial charge < -0.3 is 14.9 Å². The molecule has 2 aliphatic heterocycles. The molecule has 0 spiro atoms. The quantitative estimate of drug-likeness (QED) is 0.684. The molecule has 10 heteroatoms. The summed E-state index contributed by atoms with van der Waals surface area (Å²) in [6, 6.07) is 14.0. The van der Waals surface area contributed by atoms with Crippen LogP contribution in [-0.4, -0.2) is 69.5 Å². The molecule has 2 aromatic rings. The van der Waals surface area contributed by atoms with E-state index >= 15 is 0 Å². The maximum atomic E-state index is 13.3. The lowest BCUT2D eigenvalue weighted by molar-refractivity contribution is -0.192. The highest BCUT2D eigenvalue weighted by Crippen LogP contribution is 2.47. The highest BCUT2D eigenvalue weighted by Gasteiger charge is 2.52. The van der Waals surface area contributed by atoms with Gasteiger partial charge in [-0.2, -0.15) is 13.2 Å². The maximum Gasteiger partial charge on any atom is 0.490 e. The van der Waals surface area contributed by atoms with Crippen molar-refractivity contribution >= 4 is 17.8 Å². The molecule has 3 fully saturated rings. The number of aliphatic carboxylic acids is 1. The first-order valence-electron chi connectivity index (χ1n) is 12.0. The number of halogens is 3. The van der Waals surface area contributed by atoms with Crippen LogP contribution in [0.1, 0.15) is 48.0 Å². The van der Waals surface area contributed by atoms with E-state index in [1.54, 1.807) is 24.5 Å². The average molecular weight is 504 g/mol. The van der Waals surface area contributed by atoms with E-state index in [0.29, 0.717) is 24.4 Å². The number of carboxylic acids is 1. The number of alkyl halides is 3. The fourth-order valence-electron chi connectivity index (χ4n) is 5.25. The Kier molecular flexibility index (Phi) is 7.33. The Bertz CT molecular complexity index is 1090. The Labute approximate surface area is 206 Å². The highest BCUT2D eigenvalue weighted by atomic mass is 19.4. The Morgan fingerprint density at radius 2 is 1.64 bits per heavy atom. The number of carboxylic acid groups (broad SMARTS) is 1. The van der Waals surface area contributed by atoms with Crippen molar-refractivity contribution in [2.45, 2.75) is 49.7 Å². The van der Waals surface area contributed by atoms with E-state index in [2.05, 4.69) is 34.1 Å². The third-order valence-electron chi connectivity index (χ3n) is 7.32. The summed E-state index contributed by atoms with van der Waals surface area (Å²) in [6.07, 6.45) is 2.95. The molecule has 1 aromatic heterocycles. The Morgan fingerprint density at radius 3 is 2.22 bits per heavy atom. The summed E-state index contributed by atoms with van der Waals surface area (Å²) in [4.78, 5) is 43.5. The molecule has 36 heavy (non-hydrogen) atoms. The lowest BCUT2D eigenvalue weighted by Crippen LogP contribution is -2.45. The topological polar surface area (TPSA) is 90.8 Å². The summed E-state index contributed by atoms with van der Waals surface area (Å²) in [5.74, 6) is -1.86. The molecule has 1 aromatic carbocycles. The first-order valence-corrected chi connectivity index (χ1v) is 12.0. The van der Waals surface area contributed by atoms with E-state index in [1.165, 1.54) is 18.4 Å². The van der Waals surface area contributed by atoms with Crippen LogP contribution in [0.2, 0.25) is 0 Å². The lowest BCUT2D eigenvalue weighted by Gasteiger charge is -2.36. The molecule has 0 radical (unpaired) electrons. The second-order valence-corrected chi connectivity index (χ2v) is 9.56. The molecule has 1 saturated carbocycles. The number of aromatic nitrogens is 1. The van der Waals surface area contributed by atoms with E-state index in [9.17, 15) is 22.8 Å². The van der Waals surface area contributed by atoms with Crippen molar-refractivity contribution in [3.05, 3.63) is 66.0 Å². The fraction of sp³-hybridized carbons (Fsp3) is 0.462. The molecule has 1 aliphatic carbocycles. The number of carbonyl (C=O) groups is 3. The van der Waals surface area contributed by atoms with Gasteiger partial charge >= 0.3 is 12.1 Å². The SMILES string of the molecule is O=C(O)C(F)(F)F.O=C1CC2N(C(=O)c3ccncc3)CCC2(c2ccccc2)CCN1CC1CC1. The van der Waals surface area contributed by atoms with Crippen molar-refractivity contribution in [2.24, 2.45) is 5.92 Å². The highest BCUT2D eigenvalue weighted by molar-refractivity contribution is 5.95. The van der Waals surface area contributed by atoms with Gasteiger partial charge in [0.05, 0.1) is 6.04 Å². The third kappa shape index (κ3) is 5.52. The second kappa shape index (κ2) is 10.3. The van der Waals surface area contributed by atoms with Gasteiger partial charge in [0.1, 0.15) is 0 Å².